The number of aryl methyl sites for hydroxylation is 1. The zero-order chi connectivity index (χ0) is 12.4. The van der Waals surface area contributed by atoms with E-state index in [2.05, 4.69) is 0 Å². The molecule has 3 nitrogen and oxygen atoms in total. The number of ketones is 1. The van der Waals surface area contributed by atoms with Gasteiger partial charge in [0.2, 0.25) is 5.91 Å². The second-order valence-electron chi connectivity index (χ2n) is 4.34. The number of hydrogen-bond donors (Lipinski definition) is 0. The molecule has 1 aliphatic heterocycles. The summed E-state index contributed by atoms with van der Waals surface area (Å²) in [5, 5.41) is 2.00. The normalized spacial score (nSPS) is 17.5. The molecule has 1 aromatic heterocycles. The van der Waals surface area contributed by atoms with Crippen LogP contribution in [0.5, 0.6) is 0 Å². The molecule has 0 spiro atoms. The van der Waals surface area contributed by atoms with Crippen LogP contribution in [-0.2, 0) is 16.0 Å². The highest BCUT2D eigenvalue weighted by Gasteiger charge is 2.30. The molecule has 0 aliphatic carbocycles. The van der Waals surface area contributed by atoms with E-state index in [0.717, 1.165) is 18.5 Å². The van der Waals surface area contributed by atoms with Gasteiger partial charge in [0.15, 0.2) is 5.78 Å². The van der Waals surface area contributed by atoms with Crippen molar-refractivity contribution in [3.63, 3.8) is 0 Å². The number of thiophene rings is 1. The Morgan fingerprint density at radius 3 is 3.00 bits per heavy atom. The van der Waals surface area contributed by atoms with Gasteiger partial charge in [-0.3, -0.25) is 9.59 Å². The highest BCUT2D eigenvalue weighted by Crippen LogP contribution is 2.33. The lowest BCUT2D eigenvalue weighted by Gasteiger charge is -2.27. The molecule has 1 amide bonds. The van der Waals surface area contributed by atoms with Crippen LogP contribution in [-0.4, -0.2) is 17.7 Å². The number of Topliss-reactive ketones (excluding diaryl/α,β-unsaturated/α-hetero) is 1. The second-order valence-corrected chi connectivity index (χ2v) is 5.34. The van der Waals surface area contributed by atoms with Gasteiger partial charge in [-0.15, -0.1) is 11.3 Å². The molecule has 2 rings (SSSR count). The zero-order valence-corrected chi connectivity index (χ0v) is 11.0. The largest absolute Gasteiger partial charge is 0.301 e. The molecule has 1 atom stereocenters. The molecule has 0 fully saturated rings. The fourth-order valence-corrected chi connectivity index (χ4v) is 3.17. The number of amides is 1. The topological polar surface area (TPSA) is 37.4 Å². The predicted molar refractivity (Wildman–Crippen MR) is 69.5 cm³/mol. The maximum atomic E-state index is 12.1. The zero-order valence-electron chi connectivity index (χ0n) is 10.2. The third-order valence-electron chi connectivity index (χ3n) is 3.25. The number of rotatable bonds is 3. The van der Waals surface area contributed by atoms with Crippen molar-refractivity contribution < 1.29 is 9.59 Å². The number of nitrogens with zero attached hydrogens (tertiary/aromatic N) is 1. The van der Waals surface area contributed by atoms with Gasteiger partial charge >= 0.3 is 0 Å². The van der Waals surface area contributed by atoms with Crippen molar-refractivity contribution in [2.24, 2.45) is 0 Å². The van der Waals surface area contributed by atoms with Crippen molar-refractivity contribution in [1.29, 1.82) is 0 Å². The van der Waals surface area contributed by atoms with Gasteiger partial charge in [0, 0.05) is 17.7 Å². The van der Waals surface area contributed by atoms with E-state index in [1.54, 1.807) is 16.2 Å². The number of anilines is 1. The standard InChI is InChI=1S/C13H17NO2S/c1-3-11(15)9(2)14-10-7-8-17-12(10)5-4-6-13(14)16/h7-9H,3-6H2,1-2H3. The average molecular weight is 251 g/mol. The predicted octanol–water partition coefficient (Wildman–Crippen LogP) is 2.79. The molecule has 0 bridgehead atoms. The van der Waals surface area contributed by atoms with E-state index in [4.69, 9.17) is 0 Å². The third-order valence-corrected chi connectivity index (χ3v) is 4.22. The Kier molecular flexibility index (Phi) is 3.62. The Morgan fingerprint density at radius 2 is 2.29 bits per heavy atom. The van der Waals surface area contributed by atoms with E-state index in [1.807, 2.05) is 25.3 Å². The van der Waals surface area contributed by atoms with E-state index in [0.29, 0.717) is 12.8 Å². The summed E-state index contributed by atoms with van der Waals surface area (Å²) in [5.74, 6) is 0.203. The third kappa shape index (κ3) is 2.27. The Labute approximate surface area is 105 Å². The Bertz CT molecular complexity index is 438. The summed E-state index contributed by atoms with van der Waals surface area (Å²) in [7, 11) is 0. The van der Waals surface area contributed by atoms with E-state index in [1.165, 1.54) is 4.88 Å². The van der Waals surface area contributed by atoms with Gasteiger partial charge in [0.25, 0.3) is 0 Å². The first kappa shape index (κ1) is 12.3. The number of carbonyl (C=O) groups excluding carboxylic acids is 2. The lowest BCUT2D eigenvalue weighted by Crippen LogP contribution is -2.42. The molecule has 1 aromatic rings. The quantitative estimate of drug-likeness (QED) is 0.828. The van der Waals surface area contributed by atoms with Crippen LogP contribution in [0, 0.1) is 0 Å². The van der Waals surface area contributed by atoms with Crippen LogP contribution in [0.2, 0.25) is 0 Å². The Hall–Kier alpha value is -1.16. The van der Waals surface area contributed by atoms with E-state index >= 15 is 0 Å². The molecule has 0 saturated heterocycles. The lowest BCUT2D eigenvalue weighted by atomic mass is 10.1. The molecular formula is C13H17NO2S. The molecule has 4 heteroatoms. The van der Waals surface area contributed by atoms with Crippen molar-refractivity contribution in [3.8, 4) is 0 Å². The summed E-state index contributed by atoms with van der Waals surface area (Å²) in [6.45, 7) is 3.67. The second kappa shape index (κ2) is 5.00. The smallest absolute Gasteiger partial charge is 0.227 e. The summed E-state index contributed by atoms with van der Waals surface area (Å²) in [6.07, 6.45) is 2.85. The molecule has 0 aromatic carbocycles. The van der Waals surface area contributed by atoms with Crippen molar-refractivity contribution in [2.45, 2.75) is 45.6 Å². The van der Waals surface area contributed by atoms with Gasteiger partial charge in [0.1, 0.15) is 0 Å². The van der Waals surface area contributed by atoms with Gasteiger partial charge in [-0.1, -0.05) is 6.92 Å². The van der Waals surface area contributed by atoms with Gasteiger partial charge in [-0.2, -0.15) is 0 Å². The molecular weight excluding hydrogens is 234 g/mol. The molecule has 0 radical (unpaired) electrons. The van der Waals surface area contributed by atoms with Gasteiger partial charge < -0.3 is 4.90 Å². The first-order valence-electron chi connectivity index (χ1n) is 6.06. The number of fused-ring (bicyclic) bond motifs is 1. The van der Waals surface area contributed by atoms with Crippen molar-refractivity contribution in [3.05, 3.63) is 16.3 Å². The van der Waals surface area contributed by atoms with Gasteiger partial charge in [-0.05, 0) is 31.2 Å². The van der Waals surface area contributed by atoms with Gasteiger partial charge in [0.05, 0.1) is 11.7 Å². The highest BCUT2D eigenvalue weighted by atomic mass is 32.1. The Balaban J connectivity index is 2.37. The fraction of sp³-hybridized carbons (Fsp3) is 0.538. The van der Waals surface area contributed by atoms with Gasteiger partial charge in [-0.25, -0.2) is 0 Å². The first-order chi connectivity index (χ1) is 8.15. The molecule has 1 aliphatic rings. The SMILES string of the molecule is CCC(=O)C(C)N1C(=O)CCCc2sccc21. The van der Waals surface area contributed by atoms with Crippen LogP contribution in [0.1, 0.15) is 38.0 Å². The fourth-order valence-electron chi connectivity index (χ4n) is 2.25. The van der Waals surface area contributed by atoms with Crippen LogP contribution in [0.15, 0.2) is 11.4 Å². The first-order valence-corrected chi connectivity index (χ1v) is 6.94. The maximum Gasteiger partial charge on any atom is 0.227 e. The summed E-state index contributed by atoms with van der Waals surface area (Å²) < 4.78 is 0. The van der Waals surface area contributed by atoms with Crippen molar-refractivity contribution >= 4 is 28.7 Å². The summed E-state index contributed by atoms with van der Waals surface area (Å²) in [6, 6.07) is 1.63. The maximum absolute atomic E-state index is 12.1. The van der Waals surface area contributed by atoms with Crippen LogP contribution in [0.4, 0.5) is 5.69 Å². The van der Waals surface area contributed by atoms with E-state index in [9.17, 15) is 9.59 Å². The molecule has 2 heterocycles. The van der Waals surface area contributed by atoms with E-state index in [-0.39, 0.29) is 17.7 Å². The molecule has 1 unspecified atom stereocenters. The monoisotopic (exact) mass is 251 g/mol. The van der Waals surface area contributed by atoms with Crippen LogP contribution in [0.3, 0.4) is 0 Å². The summed E-state index contributed by atoms with van der Waals surface area (Å²) >= 11 is 1.68. The minimum absolute atomic E-state index is 0.0800. The highest BCUT2D eigenvalue weighted by molar-refractivity contribution is 7.10. The minimum Gasteiger partial charge on any atom is -0.301 e. The lowest BCUT2D eigenvalue weighted by molar-refractivity contribution is -0.124. The van der Waals surface area contributed by atoms with Crippen LogP contribution >= 0.6 is 11.3 Å². The van der Waals surface area contributed by atoms with Crippen molar-refractivity contribution in [1.82, 2.24) is 0 Å². The molecule has 0 saturated carbocycles. The summed E-state index contributed by atoms with van der Waals surface area (Å²) in [4.78, 5) is 26.9. The minimum atomic E-state index is -0.334. The van der Waals surface area contributed by atoms with E-state index < -0.39 is 0 Å². The van der Waals surface area contributed by atoms with Crippen LogP contribution in [0.25, 0.3) is 0 Å². The van der Waals surface area contributed by atoms with Crippen LogP contribution < -0.4 is 4.90 Å². The molecule has 17 heavy (non-hydrogen) atoms. The average Bonchev–Trinajstić information content (AvgIpc) is 2.71. The number of carbonyl (C=O) groups is 2. The number of hydrogen-bond acceptors (Lipinski definition) is 3. The Morgan fingerprint density at radius 1 is 1.53 bits per heavy atom. The molecule has 92 valence electrons. The summed E-state index contributed by atoms with van der Waals surface area (Å²) in [5.41, 5.74) is 0.951. The van der Waals surface area contributed by atoms with Crippen molar-refractivity contribution in [2.75, 3.05) is 4.90 Å². The molecule has 0 N–H and O–H groups in total.